The molecule has 1 aliphatic heterocycles. The van der Waals surface area contributed by atoms with Crippen molar-refractivity contribution in [1.82, 2.24) is 15.5 Å². The van der Waals surface area contributed by atoms with E-state index in [9.17, 15) is 0 Å². The van der Waals surface area contributed by atoms with Crippen molar-refractivity contribution in [3.8, 4) is 5.75 Å². The predicted molar refractivity (Wildman–Crippen MR) is 126 cm³/mol. The molecule has 0 bridgehead atoms. The fourth-order valence-electron chi connectivity index (χ4n) is 3.70. The maximum atomic E-state index is 6.05. The molecule has 1 aromatic carbocycles. The first-order valence-corrected chi connectivity index (χ1v) is 11.9. The number of rotatable bonds is 12. The van der Waals surface area contributed by atoms with Crippen LogP contribution in [0.1, 0.15) is 30.6 Å². The lowest BCUT2D eigenvalue weighted by atomic mass is 10.2. The quantitative estimate of drug-likeness (QED) is 0.300. The van der Waals surface area contributed by atoms with Gasteiger partial charge in [-0.05, 0) is 49.9 Å². The lowest BCUT2D eigenvalue weighted by Gasteiger charge is -2.26. The van der Waals surface area contributed by atoms with Crippen molar-refractivity contribution in [2.75, 3.05) is 52.5 Å². The minimum absolute atomic E-state index is 0.584. The van der Waals surface area contributed by atoms with Gasteiger partial charge >= 0.3 is 0 Å². The van der Waals surface area contributed by atoms with Crippen molar-refractivity contribution >= 4 is 5.96 Å². The average Bonchev–Trinajstić information content (AvgIpc) is 3.52. The van der Waals surface area contributed by atoms with Gasteiger partial charge in [-0.1, -0.05) is 18.2 Å². The van der Waals surface area contributed by atoms with Crippen molar-refractivity contribution in [3.63, 3.8) is 0 Å². The van der Waals surface area contributed by atoms with Gasteiger partial charge in [0.1, 0.15) is 11.5 Å². The van der Waals surface area contributed by atoms with E-state index >= 15 is 0 Å². The van der Waals surface area contributed by atoms with Crippen molar-refractivity contribution in [1.29, 1.82) is 0 Å². The van der Waals surface area contributed by atoms with E-state index in [0.717, 1.165) is 94.3 Å². The van der Waals surface area contributed by atoms with Gasteiger partial charge in [-0.2, -0.15) is 0 Å². The summed E-state index contributed by atoms with van der Waals surface area (Å²) in [5, 5.41) is 6.95. The van der Waals surface area contributed by atoms with E-state index in [1.54, 1.807) is 6.26 Å². The second-order valence-electron chi connectivity index (χ2n) is 8.52. The van der Waals surface area contributed by atoms with Gasteiger partial charge in [-0.15, -0.1) is 0 Å². The minimum atomic E-state index is 0.584. The average molecular weight is 441 g/mol. The molecule has 0 spiro atoms. The molecule has 0 unspecified atom stereocenters. The molecule has 2 N–H and O–H groups in total. The van der Waals surface area contributed by atoms with E-state index in [-0.39, 0.29) is 0 Å². The number of aliphatic imine (C=N–C) groups is 1. The Hall–Kier alpha value is -2.51. The van der Waals surface area contributed by atoms with Crippen LogP contribution in [-0.2, 0) is 17.7 Å². The molecule has 1 aromatic heterocycles. The Kier molecular flexibility index (Phi) is 8.86. The van der Waals surface area contributed by atoms with E-state index in [2.05, 4.69) is 27.7 Å². The molecule has 32 heavy (non-hydrogen) atoms. The van der Waals surface area contributed by atoms with Crippen LogP contribution in [0.4, 0.5) is 0 Å². The maximum Gasteiger partial charge on any atom is 0.191 e. The standard InChI is InChI=1S/C25H36N4O3/c1-2-7-24(32-20-21-8-9-21)22(5-1)19-28-25(27-12-10-23-6-3-16-31-23)26-11-4-13-29-14-17-30-18-15-29/h1-3,5-7,16,21H,4,8-15,17-20H2,(H2,26,27,28). The van der Waals surface area contributed by atoms with E-state index in [1.807, 2.05) is 24.3 Å². The molecule has 0 radical (unpaired) electrons. The fraction of sp³-hybridized carbons (Fsp3) is 0.560. The summed E-state index contributed by atoms with van der Waals surface area (Å²) >= 11 is 0. The Morgan fingerprint density at radius 2 is 1.91 bits per heavy atom. The zero-order chi connectivity index (χ0) is 21.8. The number of nitrogens with zero attached hydrogens (tertiary/aromatic N) is 2. The summed E-state index contributed by atoms with van der Waals surface area (Å²) in [5.41, 5.74) is 1.12. The Morgan fingerprint density at radius 1 is 1.06 bits per heavy atom. The smallest absolute Gasteiger partial charge is 0.191 e. The van der Waals surface area contributed by atoms with Gasteiger partial charge in [0.05, 0.1) is 32.6 Å². The first-order chi connectivity index (χ1) is 15.9. The second-order valence-corrected chi connectivity index (χ2v) is 8.52. The summed E-state index contributed by atoms with van der Waals surface area (Å²) in [6.07, 6.45) is 6.19. The summed E-state index contributed by atoms with van der Waals surface area (Å²) in [4.78, 5) is 7.31. The molecule has 4 rings (SSSR count). The molecule has 7 heteroatoms. The van der Waals surface area contributed by atoms with Crippen LogP contribution in [0.3, 0.4) is 0 Å². The van der Waals surface area contributed by atoms with Gasteiger partial charge in [0, 0.05) is 38.2 Å². The number of ether oxygens (including phenoxy) is 2. The van der Waals surface area contributed by atoms with Crippen LogP contribution in [-0.4, -0.2) is 63.4 Å². The number of furan rings is 1. The molecule has 2 heterocycles. The number of nitrogens with one attached hydrogen (secondary N) is 2. The SMILES string of the molecule is c1coc(CCNC(=NCc2ccccc2OCC2CC2)NCCCN2CCOCC2)c1. The third kappa shape index (κ3) is 7.88. The molecule has 2 aromatic rings. The van der Waals surface area contributed by atoms with E-state index < -0.39 is 0 Å². The zero-order valence-electron chi connectivity index (χ0n) is 18.9. The van der Waals surface area contributed by atoms with Gasteiger partial charge in [-0.3, -0.25) is 4.90 Å². The van der Waals surface area contributed by atoms with Crippen LogP contribution in [0.25, 0.3) is 0 Å². The van der Waals surface area contributed by atoms with Crippen LogP contribution >= 0.6 is 0 Å². The van der Waals surface area contributed by atoms with Gasteiger partial charge in [0.25, 0.3) is 0 Å². The van der Waals surface area contributed by atoms with Crippen LogP contribution in [0, 0.1) is 5.92 Å². The lowest BCUT2D eigenvalue weighted by molar-refractivity contribution is 0.0376. The number of para-hydroxylation sites is 1. The first-order valence-electron chi connectivity index (χ1n) is 11.9. The number of hydrogen-bond acceptors (Lipinski definition) is 5. The highest BCUT2D eigenvalue weighted by molar-refractivity contribution is 5.79. The van der Waals surface area contributed by atoms with Crippen molar-refractivity contribution in [2.24, 2.45) is 10.9 Å². The normalized spacial score (nSPS) is 17.3. The van der Waals surface area contributed by atoms with Crippen LogP contribution in [0.2, 0.25) is 0 Å². The van der Waals surface area contributed by atoms with Crippen molar-refractivity contribution in [2.45, 2.75) is 32.2 Å². The van der Waals surface area contributed by atoms with Crippen molar-refractivity contribution < 1.29 is 13.9 Å². The van der Waals surface area contributed by atoms with Gasteiger partial charge < -0.3 is 24.5 Å². The molecule has 174 valence electrons. The van der Waals surface area contributed by atoms with Crippen LogP contribution in [0.5, 0.6) is 5.75 Å². The molecule has 2 aliphatic rings. The third-order valence-electron chi connectivity index (χ3n) is 5.84. The van der Waals surface area contributed by atoms with Crippen molar-refractivity contribution in [3.05, 3.63) is 54.0 Å². The topological polar surface area (TPSA) is 71.3 Å². The highest BCUT2D eigenvalue weighted by atomic mass is 16.5. The first kappa shape index (κ1) is 22.7. The number of benzene rings is 1. The highest BCUT2D eigenvalue weighted by Crippen LogP contribution is 2.30. The molecular weight excluding hydrogens is 404 g/mol. The second kappa shape index (κ2) is 12.5. The Bertz CT molecular complexity index is 814. The molecule has 1 aliphatic carbocycles. The molecule has 1 saturated carbocycles. The zero-order valence-corrected chi connectivity index (χ0v) is 18.9. The van der Waals surface area contributed by atoms with E-state index in [1.165, 1.54) is 12.8 Å². The summed E-state index contributed by atoms with van der Waals surface area (Å²) in [7, 11) is 0. The summed E-state index contributed by atoms with van der Waals surface area (Å²) < 4.78 is 16.9. The largest absolute Gasteiger partial charge is 0.493 e. The lowest BCUT2D eigenvalue weighted by Crippen LogP contribution is -2.41. The molecular formula is C25H36N4O3. The van der Waals surface area contributed by atoms with Gasteiger partial charge in [-0.25, -0.2) is 4.99 Å². The molecule has 0 atom stereocenters. The highest BCUT2D eigenvalue weighted by Gasteiger charge is 2.22. The van der Waals surface area contributed by atoms with Crippen LogP contribution < -0.4 is 15.4 Å². The van der Waals surface area contributed by atoms with E-state index in [4.69, 9.17) is 18.9 Å². The molecule has 2 fully saturated rings. The molecule has 0 amide bonds. The summed E-state index contributed by atoms with van der Waals surface area (Å²) in [6, 6.07) is 12.2. The number of hydrogen-bond donors (Lipinski definition) is 2. The fourth-order valence-corrected chi connectivity index (χ4v) is 3.70. The number of guanidine groups is 1. The Labute approximate surface area is 191 Å². The van der Waals surface area contributed by atoms with E-state index in [0.29, 0.717) is 6.54 Å². The van der Waals surface area contributed by atoms with Crippen LogP contribution in [0.15, 0.2) is 52.1 Å². The molecule has 7 nitrogen and oxygen atoms in total. The molecule has 1 saturated heterocycles. The number of morpholine rings is 1. The Balaban J connectivity index is 1.29. The summed E-state index contributed by atoms with van der Waals surface area (Å²) in [6.45, 7) is 7.86. The third-order valence-corrected chi connectivity index (χ3v) is 5.84. The monoisotopic (exact) mass is 440 g/mol. The van der Waals surface area contributed by atoms with Gasteiger partial charge in [0.15, 0.2) is 5.96 Å². The predicted octanol–water partition coefficient (Wildman–Crippen LogP) is 3.07. The minimum Gasteiger partial charge on any atom is -0.493 e. The maximum absolute atomic E-state index is 6.05. The summed E-state index contributed by atoms with van der Waals surface area (Å²) in [5.74, 6) is 3.49. The Morgan fingerprint density at radius 3 is 2.72 bits per heavy atom. The van der Waals surface area contributed by atoms with Gasteiger partial charge in [0.2, 0.25) is 0 Å².